The summed E-state index contributed by atoms with van der Waals surface area (Å²) in [5, 5.41) is 9.95. The summed E-state index contributed by atoms with van der Waals surface area (Å²) in [4.78, 5) is 10.8. The van der Waals surface area contributed by atoms with E-state index in [4.69, 9.17) is 16.6 Å². The van der Waals surface area contributed by atoms with Crippen LogP contribution in [0.1, 0.15) is 19.3 Å². The van der Waals surface area contributed by atoms with Crippen LogP contribution in [0.4, 0.5) is 5.69 Å². The molecule has 8 heteroatoms. The topological polar surface area (TPSA) is 136 Å². The lowest BCUT2D eigenvalue weighted by Gasteiger charge is -2.11. The lowest BCUT2D eigenvalue weighted by molar-refractivity contribution is -0.138. The number of unbranched alkanes of at least 4 members (excludes halogenated alkanes) is 1. The molecular formula is C16H21N3O4S. The zero-order valence-corrected chi connectivity index (χ0v) is 13.9. The third-order valence-corrected chi connectivity index (χ3v) is 5.28. The van der Waals surface area contributed by atoms with E-state index in [1.165, 1.54) is 6.07 Å². The summed E-state index contributed by atoms with van der Waals surface area (Å²) in [7, 11) is -3.67. The maximum Gasteiger partial charge on any atom is 0.320 e. The standard InChI is InChI=1S/C16H21N3O4S/c17-13-8-9-15(12-6-2-1-5-11(12)13)24(22,23)19-10-4-3-7-14(18)16(20)21/h1-2,5-6,8-9,14,19H,3-4,7,10,17-18H2,(H,20,21)/t14-/m0/s1. The molecule has 2 rings (SSSR count). The highest BCUT2D eigenvalue weighted by molar-refractivity contribution is 7.89. The lowest BCUT2D eigenvalue weighted by atomic mass is 10.1. The van der Waals surface area contributed by atoms with Crippen molar-refractivity contribution >= 4 is 32.5 Å². The van der Waals surface area contributed by atoms with Crippen LogP contribution in [-0.4, -0.2) is 32.1 Å². The Kier molecular flexibility index (Phi) is 5.76. The van der Waals surface area contributed by atoms with Crippen molar-refractivity contribution < 1.29 is 18.3 Å². The predicted molar refractivity (Wildman–Crippen MR) is 93.0 cm³/mol. The molecule has 0 bridgehead atoms. The number of hydrogen-bond acceptors (Lipinski definition) is 5. The Labute approximate surface area is 140 Å². The molecule has 0 aromatic heterocycles. The van der Waals surface area contributed by atoms with E-state index in [1.54, 1.807) is 30.3 Å². The third kappa shape index (κ3) is 4.22. The number of hydrogen-bond donors (Lipinski definition) is 4. The number of benzene rings is 2. The summed E-state index contributed by atoms with van der Waals surface area (Å²) in [6, 6.07) is 9.19. The first-order valence-electron chi connectivity index (χ1n) is 7.58. The van der Waals surface area contributed by atoms with Gasteiger partial charge in [0.15, 0.2) is 0 Å². The Hall–Kier alpha value is -2.16. The molecule has 1 atom stereocenters. The van der Waals surface area contributed by atoms with E-state index in [1.807, 2.05) is 0 Å². The van der Waals surface area contributed by atoms with Gasteiger partial charge in [0.05, 0.1) is 4.90 Å². The number of aliphatic carboxylic acids is 1. The van der Waals surface area contributed by atoms with Crippen LogP contribution in [0.25, 0.3) is 10.8 Å². The highest BCUT2D eigenvalue weighted by Gasteiger charge is 2.18. The zero-order valence-electron chi connectivity index (χ0n) is 13.1. The fourth-order valence-corrected chi connectivity index (χ4v) is 3.71. The minimum absolute atomic E-state index is 0.175. The van der Waals surface area contributed by atoms with E-state index in [-0.39, 0.29) is 11.4 Å². The molecule has 2 aromatic rings. The Morgan fingerprint density at radius 1 is 1.12 bits per heavy atom. The average molecular weight is 351 g/mol. The number of carboxylic acids is 1. The lowest BCUT2D eigenvalue weighted by Crippen LogP contribution is -2.30. The number of sulfonamides is 1. The highest BCUT2D eigenvalue weighted by Crippen LogP contribution is 2.27. The zero-order chi connectivity index (χ0) is 17.7. The molecule has 0 amide bonds. The van der Waals surface area contributed by atoms with Crippen molar-refractivity contribution in [2.75, 3.05) is 12.3 Å². The molecule has 0 aliphatic carbocycles. The quantitative estimate of drug-likeness (QED) is 0.418. The second-order valence-electron chi connectivity index (χ2n) is 5.54. The van der Waals surface area contributed by atoms with Gasteiger partial charge in [-0.3, -0.25) is 4.79 Å². The van der Waals surface area contributed by atoms with Gasteiger partial charge in [0.1, 0.15) is 6.04 Å². The number of fused-ring (bicyclic) bond motifs is 1. The van der Waals surface area contributed by atoms with E-state index in [0.29, 0.717) is 35.7 Å². The summed E-state index contributed by atoms with van der Waals surface area (Å²) < 4.78 is 27.5. The van der Waals surface area contributed by atoms with Gasteiger partial charge in [-0.1, -0.05) is 30.7 Å². The Morgan fingerprint density at radius 3 is 2.46 bits per heavy atom. The number of anilines is 1. The summed E-state index contributed by atoms with van der Waals surface area (Å²) in [6.07, 6.45) is 1.34. The van der Waals surface area contributed by atoms with Gasteiger partial charge in [-0.2, -0.15) is 0 Å². The maximum atomic E-state index is 12.5. The summed E-state index contributed by atoms with van der Waals surface area (Å²) in [5.74, 6) is -1.05. The van der Waals surface area contributed by atoms with Crippen molar-refractivity contribution in [1.82, 2.24) is 4.72 Å². The van der Waals surface area contributed by atoms with Crippen LogP contribution in [0.3, 0.4) is 0 Å². The Morgan fingerprint density at radius 2 is 1.79 bits per heavy atom. The van der Waals surface area contributed by atoms with Gasteiger partial charge in [-0.15, -0.1) is 0 Å². The first-order chi connectivity index (χ1) is 11.3. The van der Waals surface area contributed by atoms with Crippen LogP contribution in [0.5, 0.6) is 0 Å². The molecule has 24 heavy (non-hydrogen) atoms. The first-order valence-corrected chi connectivity index (χ1v) is 9.06. The van der Waals surface area contributed by atoms with E-state index in [9.17, 15) is 13.2 Å². The molecule has 0 saturated carbocycles. The molecule has 0 aliphatic rings. The highest BCUT2D eigenvalue weighted by atomic mass is 32.2. The van der Waals surface area contributed by atoms with Crippen molar-refractivity contribution in [3.63, 3.8) is 0 Å². The minimum Gasteiger partial charge on any atom is -0.480 e. The molecule has 6 N–H and O–H groups in total. The fourth-order valence-electron chi connectivity index (χ4n) is 2.43. The van der Waals surface area contributed by atoms with E-state index in [0.717, 1.165) is 0 Å². The molecule has 0 unspecified atom stereocenters. The molecule has 0 heterocycles. The molecule has 0 fully saturated rings. The van der Waals surface area contributed by atoms with Crippen LogP contribution in [0.2, 0.25) is 0 Å². The van der Waals surface area contributed by atoms with Gasteiger partial charge in [-0.25, -0.2) is 13.1 Å². The van der Waals surface area contributed by atoms with Gasteiger partial charge in [0.25, 0.3) is 0 Å². The van der Waals surface area contributed by atoms with Gasteiger partial charge in [0, 0.05) is 23.0 Å². The maximum absolute atomic E-state index is 12.5. The second-order valence-corrected chi connectivity index (χ2v) is 7.27. The molecular weight excluding hydrogens is 330 g/mol. The van der Waals surface area contributed by atoms with Gasteiger partial charge in [0.2, 0.25) is 10.0 Å². The molecule has 0 radical (unpaired) electrons. The van der Waals surface area contributed by atoms with E-state index in [2.05, 4.69) is 4.72 Å². The van der Waals surface area contributed by atoms with Crippen LogP contribution in [0.15, 0.2) is 41.3 Å². The van der Waals surface area contributed by atoms with Gasteiger partial charge in [-0.05, 0) is 25.0 Å². The minimum atomic E-state index is -3.67. The molecule has 0 spiro atoms. The van der Waals surface area contributed by atoms with Crippen molar-refractivity contribution in [3.05, 3.63) is 36.4 Å². The molecule has 7 nitrogen and oxygen atoms in total. The predicted octanol–water partition coefficient (Wildman–Crippen LogP) is 1.28. The van der Waals surface area contributed by atoms with Crippen molar-refractivity contribution in [2.45, 2.75) is 30.2 Å². The monoisotopic (exact) mass is 351 g/mol. The van der Waals surface area contributed by atoms with E-state index < -0.39 is 22.0 Å². The van der Waals surface area contributed by atoms with Crippen molar-refractivity contribution in [1.29, 1.82) is 0 Å². The number of carbonyl (C=O) groups is 1. The normalized spacial score (nSPS) is 13.0. The summed E-state index contributed by atoms with van der Waals surface area (Å²) in [6.45, 7) is 0.216. The molecule has 0 aliphatic heterocycles. The van der Waals surface area contributed by atoms with Crippen LogP contribution in [-0.2, 0) is 14.8 Å². The molecule has 2 aromatic carbocycles. The van der Waals surface area contributed by atoms with Crippen LogP contribution >= 0.6 is 0 Å². The Bertz CT molecular complexity index is 836. The number of nitrogen functional groups attached to an aromatic ring is 1. The number of carboxylic acid groups (broad SMARTS) is 1. The van der Waals surface area contributed by atoms with Crippen LogP contribution < -0.4 is 16.2 Å². The summed E-state index contributed by atoms with van der Waals surface area (Å²) in [5.41, 5.74) is 11.8. The Balaban J connectivity index is 2.04. The average Bonchev–Trinajstić information content (AvgIpc) is 2.54. The second kappa shape index (κ2) is 7.61. The third-order valence-electron chi connectivity index (χ3n) is 3.76. The summed E-state index contributed by atoms with van der Waals surface area (Å²) >= 11 is 0. The van der Waals surface area contributed by atoms with Crippen LogP contribution in [0, 0.1) is 0 Å². The smallest absolute Gasteiger partial charge is 0.320 e. The largest absolute Gasteiger partial charge is 0.480 e. The molecule has 130 valence electrons. The van der Waals surface area contributed by atoms with Gasteiger partial charge < -0.3 is 16.6 Å². The number of nitrogens with two attached hydrogens (primary N) is 2. The first kappa shape index (κ1) is 18.2. The van der Waals surface area contributed by atoms with Gasteiger partial charge >= 0.3 is 5.97 Å². The SMILES string of the molecule is Nc1ccc(S(=O)(=O)NCCCC[C@H](N)C(=O)O)c2ccccc12. The molecule has 0 saturated heterocycles. The van der Waals surface area contributed by atoms with Crippen molar-refractivity contribution in [3.8, 4) is 0 Å². The number of rotatable bonds is 8. The fraction of sp³-hybridized carbons (Fsp3) is 0.312. The van der Waals surface area contributed by atoms with E-state index >= 15 is 0 Å². The van der Waals surface area contributed by atoms with Crippen molar-refractivity contribution in [2.24, 2.45) is 5.73 Å². The number of nitrogens with one attached hydrogen (secondary N) is 1.